The molecule has 0 spiro atoms. The molecule has 200 valence electrons. The molecule has 2 rings (SSSR count). The number of aliphatic imine (C=N–C) groups is 2. The minimum Gasteiger partial charge on any atom is -0.508 e. The van der Waals surface area contributed by atoms with Gasteiger partial charge in [-0.05, 0) is 48.2 Å². The number of aliphatic hydroxyl groups excluding tert-OH is 1. The van der Waals surface area contributed by atoms with E-state index in [2.05, 4.69) is 25.9 Å². The van der Waals surface area contributed by atoms with Crippen molar-refractivity contribution in [2.24, 2.45) is 9.98 Å². The largest absolute Gasteiger partial charge is 0.508 e. The van der Waals surface area contributed by atoms with Gasteiger partial charge in [-0.2, -0.15) is 0 Å². The molecule has 0 heterocycles. The molecule has 1 amide bonds. The van der Waals surface area contributed by atoms with Gasteiger partial charge >= 0.3 is 5.97 Å². The van der Waals surface area contributed by atoms with Gasteiger partial charge in [0.15, 0.2) is 5.96 Å². The van der Waals surface area contributed by atoms with Crippen LogP contribution < -0.4 is 16.0 Å². The SMILES string of the molecule is C/N=C\N=C(\NCCF)NC[C@H](NC(=O)c1c(Cl)cc(CCC(O)c2cccc(O)c2)cc1Cl)C(=O)O. The van der Waals surface area contributed by atoms with Crippen LogP contribution in [0.1, 0.15) is 34.0 Å². The molecule has 10 nitrogen and oxygen atoms in total. The van der Waals surface area contributed by atoms with Gasteiger partial charge in [0.1, 0.15) is 24.8 Å². The minimum absolute atomic E-state index is 0.00923. The van der Waals surface area contributed by atoms with Crippen LogP contribution in [-0.2, 0) is 11.2 Å². The fourth-order valence-electron chi connectivity index (χ4n) is 3.25. The highest BCUT2D eigenvalue weighted by molar-refractivity contribution is 6.39. The number of nitrogens with zero attached hydrogens (tertiary/aromatic N) is 2. The Hall–Kier alpha value is -3.41. The van der Waals surface area contributed by atoms with E-state index in [1.165, 1.54) is 37.7 Å². The van der Waals surface area contributed by atoms with Crippen LogP contribution >= 0.6 is 23.2 Å². The van der Waals surface area contributed by atoms with Crippen LogP contribution in [0.3, 0.4) is 0 Å². The van der Waals surface area contributed by atoms with Gasteiger partial charge in [-0.3, -0.25) is 9.79 Å². The first kappa shape index (κ1) is 29.8. The third kappa shape index (κ3) is 9.52. The molecule has 0 aliphatic carbocycles. The second kappa shape index (κ2) is 15.0. The summed E-state index contributed by atoms with van der Waals surface area (Å²) in [4.78, 5) is 32.1. The summed E-state index contributed by atoms with van der Waals surface area (Å²) in [5, 5.41) is 37.2. The van der Waals surface area contributed by atoms with Crippen molar-refractivity contribution < 1.29 is 29.3 Å². The Kier molecular flexibility index (Phi) is 12.1. The number of hydrogen-bond acceptors (Lipinski definition) is 5. The third-order valence-electron chi connectivity index (χ3n) is 5.06. The van der Waals surface area contributed by atoms with E-state index >= 15 is 0 Å². The lowest BCUT2D eigenvalue weighted by molar-refractivity contribution is -0.139. The van der Waals surface area contributed by atoms with E-state index in [-0.39, 0.29) is 40.4 Å². The molecule has 0 bridgehead atoms. The van der Waals surface area contributed by atoms with Crippen molar-refractivity contribution in [3.63, 3.8) is 0 Å². The molecule has 2 aromatic rings. The van der Waals surface area contributed by atoms with Crippen molar-refractivity contribution in [3.05, 3.63) is 63.1 Å². The lowest BCUT2D eigenvalue weighted by Gasteiger charge is -2.18. The fourth-order valence-corrected chi connectivity index (χ4v) is 3.96. The van der Waals surface area contributed by atoms with E-state index in [1.807, 2.05) is 0 Å². The Balaban J connectivity index is 2.07. The monoisotopic (exact) mass is 555 g/mol. The number of rotatable bonds is 12. The van der Waals surface area contributed by atoms with Crippen LogP contribution in [0.2, 0.25) is 10.0 Å². The Labute approximate surface area is 223 Å². The maximum atomic E-state index is 12.8. The number of benzene rings is 2. The quantitative estimate of drug-likeness (QED) is 0.174. The number of nitrogens with one attached hydrogen (secondary N) is 3. The number of alkyl halides is 1. The molecule has 2 aromatic carbocycles. The van der Waals surface area contributed by atoms with Gasteiger partial charge in [0.2, 0.25) is 0 Å². The molecule has 0 saturated carbocycles. The molecular weight excluding hydrogens is 528 g/mol. The Bertz CT molecular complexity index is 1130. The summed E-state index contributed by atoms with van der Waals surface area (Å²) in [6.07, 6.45) is 1.02. The number of guanidine groups is 1. The van der Waals surface area contributed by atoms with E-state index in [1.54, 1.807) is 12.1 Å². The number of carbonyl (C=O) groups excluding carboxylic acids is 1. The number of aliphatic carboxylic acids is 1. The second-order valence-electron chi connectivity index (χ2n) is 7.80. The van der Waals surface area contributed by atoms with Gasteiger partial charge in [-0.15, -0.1) is 0 Å². The molecular formula is C24H28Cl2FN5O5. The van der Waals surface area contributed by atoms with Crippen LogP contribution in [0.25, 0.3) is 0 Å². The summed E-state index contributed by atoms with van der Waals surface area (Å²) in [6, 6.07) is 7.92. The summed E-state index contributed by atoms with van der Waals surface area (Å²) >= 11 is 12.6. The van der Waals surface area contributed by atoms with Crippen LogP contribution in [-0.4, -0.2) is 72.3 Å². The predicted molar refractivity (Wildman–Crippen MR) is 141 cm³/mol. The fraction of sp³-hybridized carbons (Fsp3) is 0.333. The van der Waals surface area contributed by atoms with Crippen molar-refractivity contribution in [2.45, 2.75) is 25.0 Å². The number of carboxylic acid groups (broad SMARTS) is 1. The van der Waals surface area contributed by atoms with Gasteiger partial charge in [0.25, 0.3) is 5.91 Å². The molecule has 0 fully saturated rings. The third-order valence-corrected chi connectivity index (χ3v) is 5.65. The first-order chi connectivity index (χ1) is 17.7. The molecule has 0 saturated heterocycles. The topological polar surface area (TPSA) is 156 Å². The number of aryl methyl sites for hydroxylation is 1. The summed E-state index contributed by atoms with van der Waals surface area (Å²) in [5.74, 6) is -2.01. The first-order valence-corrected chi connectivity index (χ1v) is 11.9. The van der Waals surface area contributed by atoms with Crippen LogP contribution in [0.15, 0.2) is 46.4 Å². The van der Waals surface area contributed by atoms with Gasteiger partial charge < -0.3 is 31.3 Å². The summed E-state index contributed by atoms with van der Waals surface area (Å²) in [5.41, 5.74) is 1.10. The van der Waals surface area contributed by atoms with Crippen molar-refractivity contribution >= 4 is 47.4 Å². The normalized spacial score (nSPS) is 13.3. The number of phenolic OH excluding ortho intramolecular Hbond substituents is 1. The number of carboxylic acids is 1. The number of halogens is 3. The van der Waals surface area contributed by atoms with E-state index in [0.29, 0.717) is 24.0 Å². The van der Waals surface area contributed by atoms with Gasteiger partial charge in [-0.1, -0.05) is 35.3 Å². The van der Waals surface area contributed by atoms with Gasteiger partial charge in [0.05, 0.1) is 21.7 Å². The predicted octanol–water partition coefficient (Wildman–Crippen LogP) is 2.71. The average Bonchev–Trinajstić information content (AvgIpc) is 2.85. The molecule has 0 aromatic heterocycles. The Morgan fingerprint density at radius 3 is 2.46 bits per heavy atom. The molecule has 0 aliphatic heterocycles. The molecule has 13 heteroatoms. The lowest BCUT2D eigenvalue weighted by atomic mass is 10.00. The number of phenols is 1. The van der Waals surface area contributed by atoms with E-state index in [0.717, 1.165) is 0 Å². The number of carbonyl (C=O) groups is 2. The lowest BCUT2D eigenvalue weighted by Crippen LogP contribution is -2.51. The molecule has 0 aliphatic rings. The van der Waals surface area contributed by atoms with Crippen LogP contribution in [0.4, 0.5) is 4.39 Å². The Morgan fingerprint density at radius 1 is 1.16 bits per heavy atom. The van der Waals surface area contributed by atoms with Crippen LogP contribution in [0.5, 0.6) is 5.75 Å². The zero-order valence-electron chi connectivity index (χ0n) is 19.9. The maximum Gasteiger partial charge on any atom is 0.328 e. The number of hydrogen-bond donors (Lipinski definition) is 6. The molecule has 37 heavy (non-hydrogen) atoms. The second-order valence-corrected chi connectivity index (χ2v) is 8.61. The smallest absolute Gasteiger partial charge is 0.328 e. The van der Waals surface area contributed by atoms with Crippen molar-refractivity contribution in [3.8, 4) is 5.75 Å². The van der Waals surface area contributed by atoms with E-state index < -0.39 is 30.7 Å². The number of amides is 1. The summed E-state index contributed by atoms with van der Waals surface area (Å²) < 4.78 is 12.5. The molecule has 0 radical (unpaired) electrons. The zero-order valence-corrected chi connectivity index (χ0v) is 21.4. The van der Waals surface area contributed by atoms with Gasteiger partial charge in [0, 0.05) is 20.1 Å². The number of aliphatic hydroxyl groups is 1. The average molecular weight is 556 g/mol. The first-order valence-electron chi connectivity index (χ1n) is 11.2. The van der Waals surface area contributed by atoms with Gasteiger partial charge in [-0.25, -0.2) is 14.2 Å². The van der Waals surface area contributed by atoms with Crippen LogP contribution in [0, 0.1) is 0 Å². The maximum absolute atomic E-state index is 12.8. The van der Waals surface area contributed by atoms with E-state index in [9.17, 15) is 29.3 Å². The molecule has 1 unspecified atom stereocenters. The summed E-state index contributed by atoms with van der Waals surface area (Å²) in [6.45, 7) is -1.02. The summed E-state index contributed by atoms with van der Waals surface area (Å²) in [7, 11) is 1.48. The standard InChI is InChI=1S/C24H28Cl2FN5O5/c1-28-13-31-24(29-8-7-27)30-12-19(23(36)37)32-22(35)21-17(25)9-14(10-18(21)26)5-6-20(34)15-3-2-4-16(33)11-15/h2-4,9-11,13,19-20,33-34H,5-8,12H2,1H3,(H,32,35)(H,36,37)(H2,28,29,30,31)/t19-,20?/m0/s1. The number of aromatic hydroxyl groups is 1. The highest BCUT2D eigenvalue weighted by atomic mass is 35.5. The van der Waals surface area contributed by atoms with Crippen molar-refractivity contribution in [2.75, 3.05) is 26.8 Å². The molecule has 2 atom stereocenters. The Morgan fingerprint density at radius 2 is 1.86 bits per heavy atom. The minimum atomic E-state index is -1.40. The highest BCUT2D eigenvalue weighted by Crippen LogP contribution is 2.29. The molecule has 6 N–H and O–H groups in total. The zero-order chi connectivity index (χ0) is 27.4. The van der Waals surface area contributed by atoms with Crippen molar-refractivity contribution in [1.29, 1.82) is 0 Å². The van der Waals surface area contributed by atoms with Crippen molar-refractivity contribution in [1.82, 2.24) is 16.0 Å². The van der Waals surface area contributed by atoms with E-state index in [4.69, 9.17) is 23.2 Å². The highest BCUT2D eigenvalue weighted by Gasteiger charge is 2.24.